The van der Waals surface area contributed by atoms with Crippen LogP contribution in [0.3, 0.4) is 0 Å². The van der Waals surface area contributed by atoms with Crippen LogP contribution in [0.1, 0.15) is 38.0 Å². The molecular weight excluding hydrogens is 401 g/mol. The Labute approximate surface area is 175 Å². The zero-order chi connectivity index (χ0) is 20.9. The number of aromatic hydroxyl groups is 1. The fourth-order valence-electron chi connectivity index (χ4n) is 2.58. The highest BCUT2D eigenvalue weighted by atomic mass is 35.5. The molecule has 5 nitrogen and oxygen atoms in total. The van der Waals surface area contributed by atoms with E-state index < -0.39 is 17.8 Å². The first-order chi connectivity index (χ1) is 13.0. The minimum Gasteiger partial charge on any atom is -0.506 e. The number of benzene rings is 2. The molecule has 1 amide bonds. The normalized spacial score (nSPS) is 12.5. The number of carbonyl (C=O) groups excluding carboxylic acids is 1. The van der Waals surface area contributed by atoms with Crippen LogP contribution >= 0.6 is 23.2 Å². The lowest BCUT2D eigenvalue weighted by Crippen LogP contribution is -2.40. The molecule has 0 spiro atoms. The Morgan fingerprint density at radius 2 is 1.89 bits per heavy atom. The van der Waals surface area contributed by atoms with Crippen LogP contribution in [0.25, 0.3) is 0 Å². The second kappa shape index (κ2) is 9.50. The molecule has 1 atom stereocenters. The highest BCUT2D eigenvalue weighted by molar-refractivity contribution is 6.32. The van der Waals surface area contributed by atoms with Crippen LogP contribution in [0.4, 0.5) is 4.79 Å². The number of amides is 1. The van der Waals surface area contributed by atoms with Gasteiger partial charge in [0.05, 0.1) is 17.7 Å². The van der Waals surface area contributed by atoms with Crippen LogP contribution in [0.2, 0.25) is 10.0 Å². The Hall–Kier alpha value is -1.95. The van der Waals surface area contributed by atoms with E-state index >= 15 is 0 Å². The minimum atomic E-state index is -0.908. The van der Waals surface area contributed by atoms with Gasteiger partial charge >= 0.3 is 6.09 Å². The molecule has 2 N–H and O–H groups in total. The Balaban J connectivity index is 2.13. The first-order valence-corrected chi connectivity index (χ1v) is 9.69. The molecule has 0 aromatic heterocycles. The van der Waals surface area contributed by atoms with E-state index in [1.807, 2.05) is 0 Å². The van der Waals surface area contributed by atoms with Crippen molar-refractivity contribution in [1.29, 1.82) is 0 Å². The standard InChI is InChI=1S/C21H25Cl2NO4/c1-21(2,3)28-20(27)24(10-9-14-7-8-18(25)17(23)11-14)13-19(26)15-5-4-6-16(22)12-15/h4-8,11-12,19,25-26H,9-10,13H2,1-3H3. The van der Waals surface area contributed by atoms with Gasteiger partial charge in [0.2, 0.25) is 0 Å². The molecule has 0 bridgehead atoms. The number of ether oxygens (including phenoxy) is 1. The first kappa shape index (κ1) is 22.3. The van der Waals surface area contributed by atoms with Crippen molar-refractivity contribution in [2.24, 2.45) is 0 Å². The maximum Gasteiger partial charge on any atom is 0.410 e. The highest BCUT2D eigenvalue weighted by Gasteiger charge is 2.24. The lowest BCUT2D eigenvalue weighted by Gasteiger charge is -2.29. The van der Waals surface area contributed by atoms with Crippen molar-refractivity contribution in [3.05, 3.63) is 63.6 Å². The number of aliphatic hydroxyl groups is 1. The van der Waals surface area contributed by atoms with Gasteiger partial charge in [-0.25, -0.2) is 4.79 Å². The van der Waals surface area contributed by atoms with Crippen LogP contribution in [0, 0.1) is 0 Å². The fraction of sp³-hybridized carbons (Fsp3) is 0.381. The van der Waals surface area contributed by atoms with Crippen molar-refractivity contribution < 1.29 is 19.7 Å². The highest BCUT2D eigenvalue weighted by Crippen LogP contribution is 2.24. The van der Waals surface area contributed by atoms with Crippen molar-refractivity contribution in [2.75, 3.05) is 13.1 Å². The molecule has 28 heavy (non-hydrogen) atoms. The minimum absolute atomic E-state index is 0.00536. The maximum absolute atomic E-state index is 12.6. The summed E-state index contributed by atoms with van der Waals surface area (Å²) in [4.78, 5) is 14.1. The maximum atomic E-state index is 12.6. The van der Waals surface area contributed by atoms with E-state index in [2.05, 4.69) is 0 Å². The topological polar surface area (TPSA) is 70.0 Å². The number of hydrogen-bond donors (Lipinski definition) is 2. The fourth-order valence-corrected chi connectivity index (χ4v) is 2.98. The van der Waals surface area contributed by atoms with Crippen LogP contribution in [-0.4, -0.2) is 39.9 Å². The third-order valence-corrected chi connectivity index (χ3v) is 4.50. The molecule has 2 aromatic rings. The van der Waals surface area contributed by atoms with Crippen molar-refractivity contribution in [3.8, 4) is 5.75 Å². The summed E-state index contributed by atoms with van der Waals surface area (Å²) >= 11 is 11.9. The van der Waals surface area contributed by atoms with Gasteiger partial charge in [0.25, 0.3) is 0 Å². The lowest BCUT2D eigenvalue weighted by molar-refractivity contribution is 0.0147. The lowest BCUT2D eigenvalue weighted by atomic mass is 10.1. The molecule has 152 valence electrons. The zero-order valence-electron chi connectivity index (χ0n) is 16.2. The van der Waals surface area contributed by atoms with E-state index in [9.17, 15) is 15.0 Å². The van der Waals surface area contributed by atoms with Crippen molar-refractivity contribution in [2.45, 2.75) is 38.9 Å². The third-order valence-electron chi connectivity index (χ3n) is 3.96. The number of rotatable bonds is 6. The average molecular weight is 426 g/mol. The van der Waals surface area contributed by atoms with E-state index in [4.69, 9.17) is 27.9 Å². The number of hydrogen-bond acceptors (Lipinski definition) is 4. The summed E-state index contributed by atoms with van der Waals surface area (Å²) in [6.07, 6.45) is -0.935. The third kappa shape index (κ3) is 6.89. The summed E-state index contributed by atoms with van der Waals surface area (Å²) < 4.78 is 5.48. The van der Waals surface area contributed by atoms with Gasteiger partial charge in [0.15, 0.2) is 0 Å². The number of nitrogens with zero attached hydrogens (tertiary/aromatic N) is 1. The zero-order valence-corrected chi connectivity index (χ0v) is 17.7. The van der Waals surface area contributed by atoms with Gasteiger partial charge in [0, 0.05) is 11.6 Å². The average Bonchev–Trinajstić information content (AvgIpc) is 2.59. The summed E-state index contributed by atoms with van der Waals surface area (Å²) in [5.41, 5.74) is 0.820. The number of aliphatic hydroxyl groups excluding tert-OH is 1. The Morgan fingerprint density at radius 3 is 2.50 bits per heavy atom. The second-order valence-corrected chi connectivity index (χ2v) is 8.38. The molecule has 2 rings (SSSR count). The molecule has 2 aromatic carbocycles. The van der Waals surface area contributed by atoms with E-state index in [0.29, 0.717) is 23.6 Å². The molecule has 7 heteroatoms. The second-order valence-electron chi connectivity index (χ2n) is 7.53. The molecule has 0 aliphatic heterocycles. The van der Waals surface area contributed by atoms with Gasteiger partial charge in [-0.05, 0) is 62.6 Å². The summed E-state index contributed by atoms with van der Waals surface area (Å²) in [5, 5.41) is 20.9. The molecular formula is C21H25Cl2NO4. The Morgan fingerprint density at radius 1 is 1.18 bits per heavy atom. The molecule has 0 fully saturated rings. The van der Waals surface area contributed by atoms with Gasteiger partial charge in [-0.2, -0.15) is 0 Å². The van der Waals surface area contributed by atoms with Gasteiger partial charge in [-0.15, -0.1) is 0 Å². The van der Waals surface area contributed by atoms with Crippen LogP contribution < -0.4 is 0 Å². The molecule has 0 heterocycles. The molecule has 1 unspecified atom stereocenters. The predicted molar refractivity (Wildman–Crippen MR) is 111 cm³/mol. The Kier molecular flexibility index (Phi) is 7.58. The molecule has 0 radical (unpaired) electrons. The number of carbonyl (C=O) groups is 1. The van der Waals surface area contributed by atoms with E-state index in [0.717, 1.165) is 5.56 Å². The molecule has 0 saturated heterocycles. The molecule has 0 saturated carbocycles. The molecule has 0 aliphatic carbocycles. The Bertz CT molecular complexity index is 820. The first-order valence-electron chi connectivity index (χ1n) is 8.94. The predicted octanol–water partition coefficient (Wildman–Crippen LogP) is 5.21. The van der Waals surface area contributed by atoms with Crippen LogP contribution in [0.15, 0.2) is 42.5 Å². The van der Waals surface area contributed by atoms with Gasteiger partial charge in [0.1, 0.15) is 11.4 Å². The summed E-state index contributed by atoms with van der Waals surface area (Å²) in [6, 6.07) is 11.8. The quantitative estimate of drug-likeness (QED) is 0.665. The summed E-state index contributed by atoms with van der Waals surface area (Å²) in [5.74, 6) is 0.00536. The van der Waals surface area contributed by atoms with Crippen molar-refractivity contribution in [1.82, 2.24) is 4.90 Å². The van der Waals surface area contributed by atoms with Crippen molar-refractivity contribution >= 4 is 29.3 Å². The molecule has 0 aliphatic rings. The smallest absolute Gasteiger partial charge is 0.410 e. The van der Waals surface area contributed by atoms with Crippen LogP contribution in [-0.2, 0) is 11.2 Å². The largest absolute Gasteiger partial charge is 0.506 e. The summed E-state index contributed by atoms with van der Waals surface area (Å²) in [7, 11) is 0. The number of halogens is 2. The van der Waals surface area contributed by atoms with Gasteiger partial charge in [-0.1, -0.05) is 41.4 Å². The summed E-state index contributed by atoms with van der Waals surface area (Å²) in [6.45, 7) is 5.73. The monoisotopic (exact) mass is 425 g/mol. The van der Waals surface area contributed by atoms with Gasteiger partial charge < -0.3 is 19.8 Å². The number of phenolic OH excluding ortho intramolecular Hbond substituents is 1. The number of phenols is 1. The van der Waals surface area contributed by atoms with Gasteiger partial charge in [-0.3, -0.25) is 0 Å². The van der Waals surface area contributed by atoms with E-state index in [1.54, 1.807) is 57.2 Å². The van der Waals surface area contributed by atoms with Crippen molar-refractivity contribution in [3.63, 3.8) is 0 Å². The van der Waals surface area contributed by atoms with Crippen LogP contribution in [0.5, 0.6) is 5.75 Å². The van der Waals surface area contributed by atoms with E-state index in [1.165, 1.54) is 11.0 Å². The van der Waals surface area contributed by atoms with E-state index in [-0.39, 0.29) is 17.3 Å². The SMILES string of the molecule is CC(C)(C)OC(=O)N(CCc1ccc(O)c(Cl)c1)CC(O)c1cccc(Cl)c1.